The minimum absolute atomic E-state index is 0.0162. The summed E-state index contributed by atoms with van der Waals surface area (Å²) in [6.45, 7) is 0.561. The van der Waals surface area contributed by atoms with Gasteiger partial charge in [0.05, 0.1) is 7.11 Å². The van der Waals surface area contributed by atoms with E-state index >= 15 is 0 Å². The van der Waals surface area contributed by atoms with Crippen molar-refractivity contribution in [3.8, 4) is 5.75 Å². The molecule has 2 aromatic rings. The predicted molar refractivity (Wildman–Crippen MR) is 67.0 cm³/mol. The second kappa shape index (κ2) is 4.72. The number of amides is 1. The Bertz CT molecular complexity index is 583. The van der Waals surface area contributed by atoms with Crippen molar-refractivity contribution in [3.63, 3.8) is 0 Å². The molecule has 0 spiro atoms. The number of rotatable bonds is 3. The number of hydrogen-bond acceptors (Lipinski definition) is 5. The van der Waals surface area contributed by atoms with Crippen molar-refractivity contribution in [2.45, 2.75) is 12.3 Å². The molecule has 1 fully saturated rings. The molecule has 2 heterocycles. The quantitative estimate of drug-likeness (QED) is 0.837. The summed E-state index contributed by atoms with van der Waals surface area (Å²) in [4.78, 5) is 17.8. The first kappa shape index (κ1) is 11.7. The lowest BCUT2D eigenvalue weighted by atomic mass is 10.1. The second-order valence-corrected chi connectivity index (χ2v) is 4.40. The SMILES string of the molecule is COc1cccc(N2CC(c3ncon3)CC2=O)c1. The van der Waals surface area contributed by atoms with Crippen molar-refractivity contribution in [2.24, 2.45) is 0 Å². The van der Waals surface area contributed by atoms with E-state index in [4.69, 9.17) is 9.26 Å². The van der Waals surface area contributed by atoms with Gasteiger partial charge in [0.15, 0.2) is 5.82 Å². The molecule has 3 rings (SSSR count). The summed E-state index contributed by atoms with van der Waals surface area (Å²) in [5, 5.41) is 3.80. The maximum absolute atomic E-state index is 12.1. The Kier molecular flexibility index (Phi) is 2.91. The topological polar surface area (TPSA) is 68.5 Å². The molecule has 1 amide bonds. The van der Waals surface area contributed by atoms with Crippen LogP contribution in [0.1, 0.15) is 18.2 Å². The van der Waals surface area contributed by atoms with E-state index in [0.29, 0.717) is 18.8 Å². The van der Waals surface area contributed by atoms with Crippen molar-refractivity contribution in [3.05, 3.63) is 36.5 Å². The van der Waals surface area contributed by atoms with Gasteiger partial charge in [-0.15, -0.1) is 0 Å². The number of methoxy groups -OCH3 is 1. The van der Waals surface area contributed by atoms with E-state index in [9.17, 15) is 4.79 Å². The number of carbonyl (C=O) groups is 1. The maximum Gasteiger partial charge on any atom is 0.227 e. The van der Waals surface area contributed by atoms with Crippen LogP contribution >= 0.6 is 0 Å². The molecule has 1 aliphatic rings. The van der Waals surface area contributed by atoms with E-state index in [1.807, 2.05) is 24.3 Å². The van der Waals surface area contributed by atoms with Gasteiger partial charge in [-0.25, -0.2) is 0 Å². The minimum atomic E-state index is -0.0162. The zero-order chi connectivity index (χ0) is 13.2. The highest BCUT2D eigenvalue weighted by molar-refractivity contribution is 5.96. The van der Waals surface area contributed by atoms with E-state index in [-0.39, 0.29) is 11.8 Å². The Morgan fingerprint density at radius 2 is 2.37 bits per heavy atom. The summed E-state index contributed by atoms with van der Waals surface area (Å²) in [5.74, 6) is 1.35. The third-order valence-corrected chi connectivity index (χ3v) is 3.23. The lowest BCUT2D eigenvalue weighted by Gasteiger charge is -2.16. The molecule has 0 N–H and O–H groups in total. The summed E-state index contributed by atoms with van der Waals surface area (Å²) < 4.78 is 9.90. The lowest BCUT2D eigenvalue weighted by molar-refractivity contribution is -0.117. The van der Waals surface area contributed by atoms with Crippen molar-refractivity contribution in [2.75, 3.05) is 18.6 Å². The van der Waals surface area contributed by atoms with Crippen LogP contribution in [-0.4, -0.2) is 29.7 Å². The molecule has 1 unspecified atom stereocenters. The van der Waals surface area contributed by atoms with Crippen molar-refractivity contribution < 1.29 is 14.1 Å². The van der Waals surface area contributed by atoms with Gasteiger partial charge in [-0.05, 0) is 12.1 Å². The normalized spacial score (nSPS) is 18.9. The highest BCUT2D eigenvalue weighted by Crippen LogP contribution is 2.31. The third-order valence-electron chi connectivity index (χ3n) is 3.23. The van der Waals surface area contributed by atoms with Crippen LogP contribution in [0.4, 0.5) is 5.69 Å². The fourth-order valence-electron chi connectivity index (χ4n) is 2.27. The van der Waals surface area contributed by atoms with Crippen molar-refractivity contribution >= 4 is 11.6 Å². The van der Waals surface area contributed by atoms with Crippen LogP contribution in [-0.2, 0) is 4.79 Å². The van der Waals surface area contributed by atoms with E-state index in [1.165, 1.54) is 6.39 Å². The van der Waals surface area contributed by atoms with Gasteiger partial charge in [0, 0.05) is 30.6 Å². The molecule has 98 valence electrons. The van der Waals surface area contributed by atoms with Crippen LogP contribution in [0.5, 0.6) is 5.75 Å². The molecule has 1 atom stereocenters. The number of nitrogens with zero attached hydrogens (tertiary/aromatic N) is 3. The van der Waals surface area contributed by atoms with Gasteiger partial charge < -0.3 is 14.2 Å². The van der Waals surface area contributed by atoms with Crippen molar-refractivity contribution in [1.82, 2.24) is 10.1 Å². The third kappa shape index (κ3) is 2.16. The molecular weight excluding hydrogens is 246 g/mol. The second-order valence-electron chi connectivity index (χ2n) is 4.40. The monoisotopic (exact) mass is 259 g/mol. The Morgan fingerprint density at radius 1 is 1.47 bits per heavy atom. The zero-order valence-electron chi connectivity index (χ0n) is 10.4. The number of ether oxygens (including phenoxy) is 1. The summed E-state index contributed by atoms with van der Waals surface area (Å²) in [7, 11) is 1.60. The average Bonchev–Trinajstić information content (AvgIpc) is 3.07. The summed E-state index contributed by atoms with van der Waals surface area (Å²) in [6.07, 6.45) is 1.69. The van der Waals surface area contributed by atoms with E-state index in [1.54, 1.807) is 12.0 Å². The van der Waals surface area contributed by atoms with Gasteiger partial charge in [-0.3, -0.25) is 4.79 Å². The highest BCUT2D eigenvalue weighted by Gasteiger charge is 2.34. The Balaban J connectivity index is 1.84. The Hall–Kier alpha value is -2.37. The average molecular weight is 259 g/mol. The van der Waals surface area contributed by atoms with Gasteiger partial charge in [-0.1, -0.05) is 11.2 Å². The fraction of sp³-hybridized carbons (Fsp3) is 0.308. The summed E-state index contributed by atoms with van der Waals surface area (Å²) >= 11 is 0. The first-order valence-electron chi connectivity index (χ1n) is 5.98. The minimum Gasteiger partial charge on any atom is -0.497 e. The molecule has 1 aliphatic heterocycles. The molecule has 0 radical (unpaired) electrons. The van der Waals surface area contributed by atoms with Gasteiger partial charge in [-0.2, -0.15) is 4.98 Å². The molecule has 6 nitrogen and oxygen atoms in total. The molecule has 1 aromatic heterocycles. The van der Waals surface area contributed by atoms with Crippen molar-refractivity contribution in [1.29, 1.82) is 0 Å². The molecule has 0 saturated carbocycles. The van der Waals surface area contributed by atoms with Gasteiger partial charge in [0.1, 0.15) is 5.75 Å². The number of benzene rings is 1. The zero-order valence-corrected chi connectivity index (χ0v) is 10.4. The van der Waals surface area contributed by atoms with Gasteiger partial charge >= 0.3 is 0 Å². The maximum atomic E-state index is 12.1. The number of aromatic nitrogens is 2. The lowest BCUT2D eigenvalue weighted by Crippen LogP contribution is -2.24. The smallest absolute Gasteiger partial charge is 0.227 e. The molecule has 1 saturated heterocycles. The molecular formula is C13H13N3O3. The van der Waals surface area contributed by atoms with Crippen LogP contribution in [0.25, 0.3) is 0 Å². The highest BCUT2D eigenvalue weighted by atomic mass is 16.5. The van der Waals surface area contributed by atoms with Crippen LogP contribution < -0.4 is 9.64 Å². The molecule has 19 heavy (non-hydrogen) atoms. The fourth-order valence-corrected chi connectivity index (χ4v) is 2.27. The molecule has 0 bridgehead atoms. The van der Waals surface area contributed by atoms with E-state index in [2.05, 4.69) is 10.1 Å². The van der Waals surface area contributed by atoms with Gasteiger partial charge in [0.25, 0.3) is 0 Å². The number of carbonyl (C=O) groups excluding carboxylic acids is 1. The Labute approximate surface area is 110 Å². The predicted octanol–water partition coefficient (Wildman–Crippen LogP) is 1.60. The summed E-state index contributed by atoms with van der Waals surface area (Å²) in [6, 6.07) is 7.44. The van der Waals surface area contributed by atoms with Crippen LogP contribution in [0.15, 0.2) is 35.2 Å². The number of hydrogen-bond donors (Lipinski definition) is 0. The van der Waals surface area contributed by atoms with Crippen LogP contribution in [0.2, 0.25) is 0 Å². The van der Waals surface area contributed by atoms with Crippen LogP contribution in [0.3, 0.4) is 0 Å². The number of anilines is 1. The molecule has 0 aliphatic carbocycles. The van der Waals surface area contributed by atoms with E-state index < -0.39 is 0 Å². The Morgan fingerprint density at radius 3 is 3.11 bits per heavy atom. The van der Waals surface area contributed by atoms with E-state index in [0.717, 1.165) is 11.4 Å². The standard InChI is InChI=1S/C13H13N3O3/c1-18-11-4-2-3-10(6-11)16-7-9(5-12(16)17)13-14-8-19-15-13/h2-4,6,8-9H,5,7H2,1H3. The first-order valence-corrected chi connectivity index (χ1v) is 5.98. The van der Waals surface area contributed by atoms with Crippen LogP contribution in [0, 0.1) is 0 Å². The van der Waals surface area contributed by atoms with Gasteiger partial charge in [0.2, 0.25) is 12.3 Å². The first-order chi connectivity index (χ1) is 9.28. The molecule has 6 heteroatoms. The summed E-state index contributed by atoms with van der Waals surface area (Å²) in [5.41, 5.74) is 0.829. The largest absolute Gasteiger partial charge is 0.497 e. The molecule has 1 aromatic carbocycles.